The van der Waals surface area contributed by atoms with Crippen molar-refractivity contribution in [2.24, 2.45) is 0 Å². The van der Waals surface area contributed by atoms with Crippen LogP contribution in [0.1, 0.15) is 22.8 Å². The van der Waals surface area contributed by atoms with E-state index >= 15 is 0 Å². The first-order chi connectivity index (χ1) is 7.99. The summed E-state index contributed by atoms with van der Waals surface area (Å²) in [6.45, 7) is 1.63. The van der Waals surface area contributed by atoms with Crippen molar-refractivity contribution in [3.63, 3.8) is 0 Å². The fraction of sp³-hybridized carbons (Fsp3) is 0.417. The van der Waals surface area contributed by atoms with E-state index in [0.29, 0.717) is 17.7 Å². The molecule has 0 spiro atoms. The van der Waals surface area contributed by atoms with Gasteiger partial charge in [-0.25, -0.2) is 4.79 Å². The van der Waals surface area contributed by atoms with Gasteiger partial charge < -0.3 is 19.7 Å². The van der Waals surface area contributed by atoms with Crippen LogP contribution in [0.5, 0.6) is 11.5 Å². The molecule has 0 saturated heterocycles. The van der Waals surface area contributed by atoms with Crippen molar-refractivity contribution >= 4 is 5.97 Å². The fourth-order valence-corrected chi connectivity index (χ4v) is 1.61. The first-order valence-corrected chi connectivity index (χ1v) is 5.15. The number of hydrogen-bond donors (Lipinski definition) is 2. The first kappa shape index (κ1) is 13.3. The minimum atomic E-state index is -1.07. The summed E-state index contributed by atoms with van der Waals surface area (Å²) in [6.07, 6.45) is -0.244. The lowest BCUT2D eigenvalue weighted by Crippen LogP contribution is -2.09. The molecular weight excluding hydrogens is 224 g/mol. The number of aliphatic hydroxyl groups excluding tert-OH is 1. The summed E-state index contributed by atoms with van der Waals surface area (Å²) in [5.41, 5.74) is 0.699. The number of carboxylic acids is 1. The molecule has 94 valence electrons. The van der Waals surface area contributed by atoms with E-state index in [9.17, 15) is 9.90 Å². The van der Waals surface area contributed by atoms with Gasteiger partial charge in [-0.15, -0.1) is 0 Å². The molecule has 2 N–H and O–H groups in total. The maximum absolute atomic E-state index is 11.0. The Morgan fingerprint density at radius 3 is 2.29 bits per heavy atom. The SMILES string of the molecule is COc1cc(OC)c(C(=O)O)cc1CC(C)O. The Balaban J connectivity index is 3.28. The van der Waals surface area contributed by atoms with E-state index < -0.39 is 12.1 Å². The van der Waals surface area contributed by atoms with Crippen LogP contribution in [0.25, 0.3) is 0 Å². The Bertz CT molecular complexity index is 412. The van der Waals surface area contributed by atoms with E-state index in [4.69, 9.17) is 14.6 Å². The number of carbonyl (C=O) groups is 1. The highest BCUT2D eigenvalue weighted by molar-refractivity contribution is 5.91. The summed E-state index contributed by atoms with van der Waals surface area (Å²) in [4.78, 5) is 11.0. The van der Waals surface area contributed by atoms with E-state index in [0.717, 1.165) is 0 Å². The number of aromatic carboxylic acids is 1. The van der Waals surface area contributed by atoms with E-state index in [1.165, 1.54) is 26.4 Å². The van der Waals surface area contributed by atoms with E-state index in [1.54, 1.807) is 6.92 Å². The Kier molecular flexibility index (Phi) is 4.34. The van der Waals surface area contributed by atoms with Gasteiger partial charge in [-0.1, -0.05) is 0 Å². The average Bonchev–Trinajstić information content (AvgIpc) is 2.27. The molecule has 5 nitrogen and oxygen atoms in total. The van der Waals surface area contributed by atoms with Crippen molar-refractivity contribution < 1.29 is 24.5 Å². The highest BCUT2D eigenvalue weighted by atomic mass is 16.5. The zero-order chi connectivity index (χ0) is 13.0. The molecule has 0 aliphatic carbocycles. The summed E-state index contributed by atoms with van der Waals surface area (Å²) < 4.78 is 10.1. The van der Waals surface area contributed by atoms with Gasteiger partial charge in [0.05, 0.1) is 20.3 Å². The monoisotopic (exact) mass is 240 g/mol. The summed E-state index contributed by atoms with van der Waals surface area (Å²) in [6, 6.07) is 2.98. The molecule has 1 atom stereocenters. The van der Waals surface area contributed by atoms with E-state index in [1.807, 2.05) is 0 Å². The van der Waals surface area contributed by atoms with Crippen molar-refractivity contribution in [1.82, 2.24) is 0 Å². The number of methoxy groups -OCH3 is 2. The van der Waals surface area contributed by atoms with Crippen molar-refractivity contribution in [2.45, 2.75) is 19.4 Å². The lowest BCUT2D eigenvalue weighted by atomic mass is 10.0. The zero-order valence-electron chi connectivity index (χ0n) is 10.1. The van der Waals surface area contributed by atoms with Gasteiger partial charge in [0.2, 0.25) is 0 Å². The highest BCUT2D eigenvalue weighted by Gasteiger charge is 2.17. The molecule has 1 unspecified atom stereocenters. The van der Waals surface area contributed by atoms with E-state index in [2.05, 4.69) is 0 Å². The number of aliphatic hydroxyl groups is 1. The summed E-state index contributed by atoms with van der Waals surface area (Å²) in [5.74, 6) is -0.326. The normalized spacial score (nSPS) is 12.0. The number of hydrogen-bond acceptors (Lipinski definition) is 4. The van der Waals surface area contributed by atoms with Gasteiger partial charge in [-0.3, -0.25) is 0 Å². The minimum absolute atomic E-state index is 0.0592. The molecule has 5 heteroatoms. The molecule has 1 aromatic rings. The van der Waals surface area contributed by atoms with Crippen LogP contribution in [0.15, 0.2) is 12.1 Å². The van der Waals surface area contributed by atoms with Crippen molar-refractivity contribution in [3.05, 3.63) is 23.3 Å². The van der Waals surface area contributed by atoms with Gasteiger partial charge in [0.15, 0.2) is 0 Å². The van der Waals surface area contributed by atoms with Crippen LogP contribution >= 0.6 is 0 Å². The first-order valence-electron chi connectivity index (χ1n) is 5.15. The number of benzene rings is 1. The molecule has 0 saturated carbocycles. The topological polar surface area (TPSA) is 76.0 Å². The lowest BCUT2D eigenvalue weighted by molar-refractivity contribution is 0.0693. The third-order valence-electron chi connectivity index (χ3n) is 2.35. The van der Waals surface area contributed by atoms with Gasteiger partial charge in [0, 0.05) is 12.5 Å². The maximum Gasteiger partial charge on any atom is 0.339 e. The van der Waals surface area contributed by atoms with Gasteiger partial charge in [-0.05, 0) is 18.6 Å². The standard InChI is InChI=1S/C12H16O5/c1-7(13)4-8-5-9(12(14)15)11(17-3)6-10(8)16-2/h5-7,13H,4H2,1-3H3,(H,14,15). The van der Waals surface area contributed by atoms with Gasteiger partial charge in [-0.2, -0.15) is 0 Å². The Morgan fingerprint density at radius 2 is 1.88 bits per heavy atom. The Hall–Kier alpha value is -1.75. The summed E-state index contributed by atoms with van der Waals surface area (Å²) in [7, 11) is 2.89. The quantitative estimate of drug-likeness (QED) is 0.811. The summed E-state index contributed by atoms with van der Waals surface area (Å²) >= 11 is 0. The van der Waals surface area contributed by atoms with Gasteiger partial charge >= 0.3 is 5.97 Å². The van der Waals surface area contributed by atoms with Crippen LogP contribution in [0.3, 0.4) is 0 Å². The molecule has 0 heterocycles. The van der Waals surface area contributed by atoms with Crippen molar-refractivity contribution in [3.8, 4) is 11.5 Å². The van der Waals surface area contributed by atoms with Crippen LogP contribution in [0.2, 0.25) is 0 Å². The number of rotatable bonds is 5. The Morgan fingerprint density at radius 1 is 1.29 bits per heavy atom. The van der Waals surface area contributed by atoms with Crippen molar-refractivity contribution in [1.29, 1.82) is 0 Å². The van der Waals surface area contributed by atoms with Gasteiger partial charge in [0.1, 0.15) is 17.1 Å². The average molecular weight is 240 g/mol. The highest BCUT2D eigenvalue weighted by Crippen LogP contribution is 2.30. The molecular formula is C12H16O5. The molecule has 1 aromatic carbocycles. The smallest absolute Gasteiger partial charge is 0.339 e. The maximum atomic E-state index is 11.0. The second-order valence-corrected chi connectivity index (χ2v) is 3.72. The molecule has 0 radical (unpaired) electrons. The van der Waals surface area contributed by atoms with Crippen LogP contribution in [0.4, 0.5) is 0 Å². The molecule has 17 heavy (non-hydrogen) atoms. The predicted octanol–water partition coefficient (Wildman–Crippen LogP) is 1.33. The molecule has 0 aliphatic heterocycles. The molecule has 0 aromatic heterocycles. The van der Waals surface area contributed by atoms with Crippen LogP contribution in [-0.4, -0.2) is 36.5 Å². The number of carboxylic acid groups (broad SMARTS) is 1. The molecule has 0 amide bonds. The lowest BCUT2D eigenvalue weighted by Gasteiger charge is -2.14. The van der Waals surface area contributed by atoms with E-state index in [-0.39, 0.29) is 11.3 Å². The largest absolute Gasteiger partial charge is 0.496 e. The fourth-order valence-electron chi connectivity index (χ4n) is 1.61. The van der Waals surface area contributed by atoms with Crippen LogP contribution in [-0.2, 0) is 6.42 Å². The zero-order valence-corrected chi connectivity index (χ0v) is 10.1. The second kappa shape index (κ2) is 5.54. The molecule has 0 bridgehead atoms. The van der Waals surface area contributed by atoms with Crippen LogP contribution in [0, 0.1) is 0 Å². The minimum Gasteiger partial charge on any atom is -0.496 e. The predicted molar refractivity (Wildman–Crippen MR) is 61.9 cm³/mol. The number of ether oxygens (including phenoxy) is 2. The Labute approximate surface area is 99.6 Å². The third-order valence-corrected chi connectivity index (χ3v) is 2.35. The van der Waals surface area contributed by atoms with Crippen molar-refractivity contribution in [2.75, 3.05) is 14.2 Å². The third kappa shape index (κ3) is 3.10. The van der Waals surface area contributed by atoms with Crippen LogP contribution < -0.4 is 9.47 Å². The molecule has 0 fully saturated rings. The summed E-state index contributed by atoms with van der Waals surface area (Å²) in [5, 5.41) is 18.4. The molecule has 0 aliphatic rings. The molecule has 1 rings (SSSR count). The van der Waals surface area contributed by atoms with Gasteiger partial charge in [0.25, 0.3) is 0 Å². The second-order valence-electron chi connectivity index (χ2n) is 3.72.